The fraction of sp³-hybridized carbons (Fsp3) is 0.214. The quantitative estimate of drug-likeness (QED) is 0.525. The highest BCUT2D eigenvalue weighted by atomic mass is 16.1. The Labute approximate surface area is 91.1 Å². The molecule has 1 rings (SSSR count). The molecule has 1 heteroatoms. The SMILES string of the molecule is C=C/C(=C\C)CC(C=O)c1ccccc1. The van der Waals surface area contributed by atoms with Crippen LogP contribution in [0.1, 0.15) is 24.8 Å². The lowest BCUT2D eigenvalue weighted by molar-refractivity contribution is -0.109. The molecule has 0 aliphatic heterocycles. The van der Waals surface area contributed by atoms with Gasteiger partial charge < -0.3 is 4.79 Å². The van der Waals surface area contributed by atoms with Crippen molar-refractivity contribution < 1.29 is 4.79 Å². The molecule has 0 radical (unpaired) electrons. The van der Waals surface area contributed by atoms with E-state index in [-0.39, 0.29) is 5.92 Å². The van der Waals surface area contributed by atoms with Gasteiger partial charge in [0.25, 0.3) is 0 Å². The first-order valence-corrected chi connectivity index (χ1v) is 5.09. The topological polar surface area (TPSA) is 17.1 Å². The molecule has 1 atom stereocenters. The van der Waals surface area contributed by atoms with E-state index >= 15 is 0 Å². The zero-order valence-corrected chi connectivity index (χ0v) is 9.02. The van der Waals surface area contributed by atoms with Crippen LogP contribution in [0.5, 0.6) is 0 Å². The minimum Gasteiger partial charge on any atom is -0.303 e. The number of rotatable bonds is 5. The number of hydrogen-bond donors (Lipinski definition) is 0. The van der Waals surface area contributed by atoms with Crippen molar-refractivity contribution in [1.82, 2.24) is 0 Å². The summed E-state index contributed by atoms with van der Waals surface area (Å²) >= 11 is 0. The molecule has 1 nitrogen and oxygen atoms in total. The van der Waals surface area contributed by atoms with E-state index in [2.05, 4.69) is 6.58 Å². The lowest BCUT2D eigenvalue weighted by Crippen LogP contribution is -2.00. The standard InChI is InChI=1S/C14H16O/c1-3-12(4-2)10-14(11-15)13-8-6-5-7-9-13/h3-9,11,14H,1,10H2,2H3/b12-4+. The molecule has 78 valence electrons. The second-order valence-electron chi connectivity index (χ2n) is 3.43. The number of carbonyl (C=O) groups excluding carboxylic acids is 1. The van der Waals surface area contributed by atoms with Crippen molar-refractivity contribution in [2.24, 2.45) is 0 Å². The third-order valence-corrected chi connectivity index (χ3v) is 2.48. The first-order chi connectivity index (χ1) is 7.31. The zero-order chi connectivity index (χ0) is 11.1. The van der Waals surface area contributed by atoms with Crippen molar-refractivity contribution in [2.75, 3.05) is 0 Å². The van der Waals surface area contributed by atoms with Crippen LogP contribution in [0, 0.1) is 0 Å². The van der Waals surface area contributed by atoms with E-state index < -0.39 is 0 Å². The van der Waals surface area contributed by atoms with Gasteiger partial charge in [-0.1, -0.05) is 54.6 Å². The highest BCUT2D eigenvalue weighted by Gasteiger charge is 2.10. The summed E-state index contributed by atoms with van der Waals surface area (Å²) in [5.74, 6) is -0.0598. The maximum absolute atomic E-state index is 11.0. The second kappa shape index (κ2) is 5.97. The Bertz CT molecular complexity index is 349. The van der Waals surface area contributed by atoms with Crippen molar-refractivity contribution in [3.63, 3.8) is 0 Å². The molecule has 0 fully saturated rings. The van der Waals surface area contributed by atoms with E-state index in [1.807, 2.05) is 43.3 Å². The third-order valence-electron chi connectivity index (χ3n) is 2.48. The molecule has 0 aliphatic carbocycles. The Kier molecular flexibility index (Phi) is 4.55. The molecule has 0 heterocycles. The molecule has 0 saturated carbocycles. The predicted octanol–water partition coefficient (Wildman–Crippen LogP) is 3.49. The molecular formula is C14H16O. The molecule has 0 saturated heterocycles. The number of aldehydes is 1. The Morgan fingerprint density at radius 3 is 2.53 bits per heavy atom. The second-order valence-corrected chi connectivity index (χ2v) is 3.43. The molecule has 0 amide bonds. The molecule has 1 aromatic carbocycles. The van der Waals surface area contributed by atoms with Crippen LogP contribution in [0.25, 0.3) is 0 Å². The summed E-state index contributed by atoms with van der Waals surface area (Å²) < 4.78 is 0. The average Bonchev–Trinajstić information content (AvgIpc) is 2.32. The van der Waals surface area contributed by atoms with E-state index in [0.717, 1.165) is 23.8 Å². The average molecular weight is 200 g/mol. The number of benzene rings is 1. The third kappa shape index (κ3) is 3.21. The van der Waals surface area contributed by atoms with Crippen molar-refractivity contribution in [3.8, 4) is 0 Å². The Morgan fingerprint density at radius 2 is 2.07 bits per heavy atom. The van der Waals surface area contributed by atoms with Gasteiger partial charge >= 0.3 is 0 Å². The van der Waals surface area contributed by atoms with Gasteiger partial charge in [0, 0.05) is 5.92 Å². The largest absolute Gasteiger partial charge is 0.303 e. The van der Waals surface area contributed by atoms with Gasteiger partial charge in [0.1, 0.15) is 6.29 Å². The van der Waals surface area contributed by atoms with Crippen LogP contribution >= 0.6 is 0 Å². The van der Waals surface area contributed by atoms with Gasteiger partial charge in [-0.25, -0.2) is 0 Å². The van der Waals surface area contributed by atoms with Gasteiger partial charge in [-0.05, 0) is 18.9 Å². The van der Waals surface area contributed by atoms with E-state index in [1.54, 1.807) is 6.08 Å². The van der Waals surface area contributed by atoms with Crippen LogP contribution in [0.2, 0.25) is 0 Å². The number of hydrogen-bond acceptors (Lipinski definition) is 1. The zero-order valence-electron chi connectivity index (χ0n) is 9.02. The maximum Gasteiger partial charge on any atom is 0.127 e. The summed E-state index contributed by atoms with van der Waals surface area (Å²) in [7, 11) is 0. The lowest BCUT2D eigenvalue weighted by Gasteiger charge is -2.10. The molecule has 0 spiro atoms. The summed E-state index contributed by atoms with van der Waals surface area (Å²) in [5, 5.41) is 0. The van der Waals surface area contributed by atoms with Crippen LogP contribution in [-0.4, -0.2) is 6.29 Å². The van der Waals surface area contributed by atoms with Crippen LogP contribution in [0.3, 0.4) is 0 Å². The van der Waals surface area contributed by atoms with Gasteiger partial charge in [0.05, 0.1) is 0 Å². The predicted molar refractivity (Wildman–Crippen MR) is 63.8 cm³/mol. The molecular weight excluding hydrogens is 184 g/mol. The summed E-state index contributed by atoms with van der Waals surface area (Å²) in [5.41, 5.74) is 2.17. The molecule has 15 heavy (non-hydrogen) atoms. The summed E-state index contributed by atoms with van der Waals surface area (Å²) in [6.45, 7) is 5.69. The van der Waals surface area contributed by atoms with E-state index in [9.17, 15) is 4.79 Å². The van der Waals surface area contributed by atoms with Crippen LogP contribution in [0.15, 0.2) is 54.6 Å². The van der Waals surface area contributed by atoms with Crippen molar-refractivity contribution in [3.05, 3.63) is 60.2 Å². The van der Waals surface area contributed by atoms with Crippen LogP contribution < -0.4 is 0 Å². The van der Waals surface area contributed by atoms with Crippen LogP contribution in [0.4, 0.5) is 0 Å². The van der Waals surface area contributed by atoms with Crippen molar-refractivity contribution in [2.45, 2.75) is 19.3 Å². The summed E-state index contributed by atoms with van der Waals surface area (Å²) in [4.78, 5) is 11.0. The monoisotopic (exact) mass is 200 g/mol. The number of carbonyl (C=O) groups is 1. The van der Waals surface area contributed by atoms with Gasteiger partial charge in [0.2, 0.25) is 0 Å². The highest BCUT2D eigenvalue weighted by Crippen LogP contribution is 2.21. The van der Waals surface area contributed by atoms with Crippen LogP contribution in [-0.2, 0) is 4.79 Å². The Hall–Kier alpha value is -1.63. The van der Waals surface area contributed by atoms with E-state index in [0.29, 0.717) is 0 Å². The highest BCUT2D eigenvalue weighted by molar-refractivity contribution is 5.63. The Morgan fingerprint density at radius 1 is 1.40 bits per heavy atom. The van der Waals surface area contributed by atoms with Gasteiger partial charge in [-0.3, -0.25) is 0 Å². The molecule has 0 bridgehead atoms. The Balaban J connectivity index is 2.81. The normalized spacial score (nSPS) is 13.3. The molecule has 1 aromatic rings. The summed E-state index contributed by atoms with van der Waals surface area (Å²) in [6, 6.07) is 9.82. The van der Waals surface area contributed by atoms with Crippen molar-refractivity contribution in [1.29, 1.82) is 0 Å². The molecule has 0 aliphatic rings. The number of allylic oxidation sites excluding steroid dienone is 3. The van der Waals surface area contributed by atoms with E-state index in [4.69, 9.17) is 0 Å². The van der Waals surface area contributed by atoms with Gasteiger partial charge in [-0.15, -0.1) is 0 Å². The molecule has 1 unspecified atom stereocenters. The molecule has 0 N–H and O–H groups in total. The fourth-order valence-electron chi connectivity index (χ4n) is 1.52. The van der Waals surface area contributed by atoms with E-state index in [1.165, 1.54) is 0 Å². The fourth-order valence-corrected chi connectivity index (χ4v) is 1.52. The van der Waals surface area contributed by atoms with Gasteiger partial charge in [0.15, 0.2) is 0 Å². The summed E-state index contributed by atoms with van der Waals surface area (Å²) in [6.07, 6.45) is 5.53. The minimum atomic E-state index is -0.0598. The first-order valence-electron chi connectivity index (χ1n) is 5.09. The van der Waals surface area contributed by atoms with Gasteiger partial charge in [-0.2, -0.15) is 0 Å². The smallest absolute Gasteiger partial charge is 0.127 e. The molecule has 0 aromatic heterocycles. The van der Waals surface area contributed by atoms with Crippen molar-refractivity contribution >= 4 is 6.29 Å². The lowest BCUT2D eigenvalue weighted by atomic mass is 9.93. The maximum atomic E-state index is 11.0. The first kappa shape index (κ1) is 11.4. The minimum absolute atomic E-state index is 0.0598.